The second kappa shape index (κ2) is 5.63. The number of nitrogens with zero attached hydrogens (tertiary/aromatic N) is 1. The summed E-state index contributed by atoms with van der Waals surface area (Å²) in [5.74, 6) is 0.198. The molecule has 0 spiro atoms. The zero-order valence-corrected chi connectivity index (χ0v) is 13.1. The minimum atomic E-state index is -3.94. The maximum absolute atomic E-state index is 12.9. The highest BCUT2D eigenvalue weighted by atomic mass is 32.2. The molecule has 1 unspecified atom stereocenters. The van der Waals surface area contributed by atoms with Crippen LogP contribution in [-0.2, 0) is 19.9 Å². The molecule has 0 amide bonds. The molecule has 1 heterocycles. The van der Waals surface area contributed by atoms with Gasteiger partial charge in [0, 0.05) is 24.3 Å². The second-order valence-electron chi connectivity index (χ2n) is 4.43. The van der Waals surface area contributed by atoms with Crippen molar-refractivity contribution in [3.8, 4) is 0 Å². The molecule has 1 aliphatic rings. The molecule has 0 saturated carbocycles. The highest BCUT2D eigenvalue weighted by Crippen LogP contribution is 2.27. The van der Waals surface area contributed by atoms with E-state index in [1.54, 1.807) is 0 Å². The van der Waals surface area contributed by atoms with Crippen molar-refractivity contribution < 1.29 is 21.2 Å². The van der Waals surface area contributed by atoms with Crippen LogP contribution in [-0.4, -0.2) is 50.8 Å². The molecule has 2 rings (SSSR count). The predicted octanol–water partition coefficient (Wildman–Crippen LogP) is 0.934. The van der Waals surface area contributed by atoms with Gasteiger partial charge in [0.1, 0.15) is 11.2 Å². The van der Waals surface area contributed by atoms with E-state index in [-0.39, 0.29) is 17.2 Å². The van der Waals surface area contributed by atoms with Gasteiger partial charge in [-0.15, -0.1) is 0 Å². The Morgan fingerprint density at radius 1 is 1.20 bits per heavy atom. The Morgan fingerprint density at radius 3 is 2.35 bits per heavy atom. The summed E-state index contributed by atoms with van der Waals surface area (Å²) in [6.45, 7) is 0.127. The third kappa shape index (κ3) is 3.16. The summed E-state index contributed by atoms with van der Waals surface area (Å²) in [5.41, 5.74) is 0. The Bertz CT molecular complexity index is 685. The Kier molecular flexibility index (Phi) is 4.43. The Morgan fingerprint density at radius 2 is 1.80 bits per heavy atom. The molecule has 112 valence electrons. The molecule has 0 bridgehead atoms. The van der Waals surface area contributed by atoms with Crippen molar-refractivity contribution in [1.82, 2.24) is 4.31 Å². The maximum atomic E-state index is 12.9. The number of thioether (sulfide) groups is 1. The Balaban J connectivity index is 2.43. The molecule has 1 atom stereocenters. The zero-order valence-electron chi connectivity index (χ0n) is 10.7. The van der Waals surface area contributed by atoms with Crippen LogP contribution in [0.2, 0.25) is 0 Å². The van der Waals surface area contributed by atoms with Crippen LogP contribution in [0, 0.1) is 5.82 Å². The molecule has 0 aromatic heterocycles. The van der Waals surface area contributed by atoms with E-state index >= 15 is 0 Å². The van der Waals surface area contributed by atoms with E-state index in [0.29, 0.717) is 5.75 Å². The summed E-state index contributed by atoms with van der Waals surface area (Å²) < 4.78 is 62.3. The van der Waals surface area contributed by atoms with Crippen LogP contribution in [0.25, 0.3) is 0 Å². The first kappa shape index (κ1) is 15.7. The van der Waals surface area contributed by atoms with Gasteiger partial charge in [-0.25, -0.2) is 21.2 Å². The predicted molar refractivity (Wildman–Crippen MR) is 76.2 cm³/mol. The largest absolute Gasteiger partial charge is 0.244 e. The van der Waals surface area contributed by atoms with Gasteiger partial charge >= 0.3 is 0 Å². The van der Waals surface area contributed by atoms with Crippen LogP contribution >= 0.6 is 11.8 Å². The molecule has 0 N–H and O–H groups in total. The molecule has 0 radical (unpaired) electrons. The van der Waals surface area contributed by atoms with E-state index in [1.165, 1.54) is 11.8 Å². The molecular weight excluding hydrogens is 325 g/mol. The van der Waals surface area contributed by atoms with Crippen LogP contribution in [0.15, 0.2) is 29.2 Å². The first-order chi connectivity index (χ1) is 9.23. The third-order valence-corrected chi connectivity index (χ3v) is 7.65. The van der Waals surface area contributed by atoms with Gasteiger partial charge < -0.3 is 0 Å². The molecule has 1 aromatic rings. The topological polar surface area (TPSA) is 71.5 Å². The molecule has 1 aliphatic heterocycles. The van der Waals surface area contributed by atoms with Gasteiger partial charge in [0.15, 0.2) is 9.84 Å². The average molecular weight is 339 g/mol. The molecule has 9 heteroatoms. The minimum Gasteiger partial charge on any atom is -0.227 e. The van der Waals surface area contributed by atoms with Crippen molar-refractivity contribution in [2.45, 2.75) is 10.3 Å². The number of rotatable bonds is 3. The number of sulfonamides is 1. The fourth-order valence-electron chi connectivity index (χ4n) is 1.92. The molecule has 1 saturated heterocycles. The molecule has 1 fully saturated rings. The lowest BCUT2D eigenvalue weighted by Gasteiger charge is -2.32. The molecule has 20 heavy (non-hydrogen) atoms. The van der Waals surface area contributed by atoms with Gasteiger partial charge in [-0.1, -0.05) is 0 Å². The summed E-state index contributed by atoms with van der Waals surface area (Å²) in [4.78, 5) is -0.0977. The van der Waals surface area contributed by atoms with Gasteiger partial charge in [-0.3, -0.25) is 0 Å². The van der Waals surface area contributed by atoms with Crippen molar-refractivity contribution in [1.29, 1.82) is 0 Å². The molecule has 5 nitrogen and oxygen atoms in total. The number of benzene rings is 1. The quantitative estimate of drug-likeness (QED) is 0.819. The first-order valence-electron chi connectivity index (χ1n) is 5.77. The van der Waals surface area contributed by atoms with E-state index in [2.05, 4.69) is 0 Å². The lowest BCUT2D eigenvalue weighted by atomic mass is 10.4. The summed E-state index contributed by atoms with van der Waals surface area (Å²) in [6.07, 6.45) is 1.02. The van der Waals surface area contributed by atoms with Crippen molar-refractivity contribution >= 4 is 31.6 Å². The number of hydrogen-bond acceptors (Lipinski definition) is 5. The van der Waals surface area contributed by atoms with Crippen molar-refractivity contribution in [2.75, 3.05) is 24.3 Å². The molecular formula is C11H14FNO4S3. The summed E-state index contributed by atoms with van der Waals surface area (Å²) >= 11 is 1.40. The second-order valence-corrected chi connectivity index (χ2v) is 9.67. The highest BCUT2D eigenvalue weighted by Gasteiger charge is 2.39. The molecule has 0 aliphatic carbocycles. The van der Waals surface area contributed by atoms with E-state index in [0.717, 1.165) is 34.8 Å². The lowest BCUT2D eigenvalue weighted by molar-refractivity contribution is 0.405. The monoisotopic (exact) mass is 339 g/mol. The minimum absolute atomic E-state index is 0.0977. The molecule has 1 aromatic carbocycles. The van der Waals surface area contributed by atoms with E-state index in [1.807, 2.05) is 0 Å². The summed E-state index contributed by atoms with van der Waals surface area (Å²) in [7, 11) is -7.46. The summed E-state index contributed by atoms with van der Waals surface area (Å²) in [5, 5.41) is -1.07. The standard InChI is InChI=1S/C11H14FNO4S3/c1-19(14,15)11-8-18-7-6-13(11)20(16,17)10-4-2-9(12)3-5-10/h2-5,11H,6-8H2,1H3. The SMILES string of the molecule is CS(=O)(=O)C1CSCCN1S(=O)(=O)c1ccc(F)cc1. The Labute approximate surface area is 122 Å². The number of halogens is 1. The van der Waals surface area contributed by atoms with Gasteiger partial charge in [-0.2, -0.15) is 16.1 Å². The van der Waals surface area contributed by atoms with Gasteiger partial charge in [0.05, 0.1) is 4.90 Å². The Hall–Kier alpha value is -0.640. The van der Waals surface area contributed by atoms with Crippen LogP contribution in [0.1, 0.15) is 0 Å². The third-order valence-electron chi connectivity index (χ3n) is 2.95. The van der Waals surface area contributed by atoms with Crippen LogP contribution < -0.4 is 0 Å². The van der Waals surface area contributed by atoms with Crippen LogP contribution in [0.5, 0.6) is 0 Å². The zero-order chi connectivity index (χ0) is 15.0. The van der Waals surface area contributed by atoms with Gasteiger partial charge in [-0.05, 0) is 24.3 Å². The van der Waals surface area contributed by atoms with E-state index in [4.69, 9.17) is 0 Å². The van der Waals surface area contributed by atoms with Crippen molar-refractivity contribution in [3.05, 3.63) is 30.1 Å². The van der Waals surface area contributed by atoms with E-state index < -0.39 is 31.1 Å². The van der Waals surface area contributed by atoms with Crippen LogP contribution in [0.4, 0.5) is 4.39 Å². The summed E-state index contributed by atoms with van der Waals surface area (Å²) in [6, 6.07) is 4.37. The fraction of sp³-hybridized carbons (Fsp3) is 0.455. The average Bonchev–Trinajstić information content (AvgIpc) is 2.38. The first-order valence-corrected chi connectivity index (χ1v) is 10.3. The number of hydrogen-bond donors (Lipinski definition) is 0. The highest BCUT2D eigenvalue weighted by molar-refractivity contribution is 8.01. The maximum Gasteiger partial charge on any atom is 0.244 e. The normalized spacial score (nSPS) is 21.8. The van der Waals surface area contributed by atoms with Gasteiger partial charge in [0.25, 0.3) is 0 Å². The van der Waals surface area contributed by atoms with Crippen molar-refractivity contribution in [3.63, 3.8) is 0 Å². The van der Waals surface area contributed by atoms with E-state index in [9.17, 15) is 21.2 Å². The lowest BCUT2D eigenvalue weighted by Crippen LogP contribution is -2.49. The fourth-order valence-corrected chi connectivity index (χ4v) is 7.09. The smallest absolute Gasteiger partial charge is 0.227 e. The van der Waals surface area contributed by atoms with Gasteiger partial charge in [0.2, 0.25) is 10.0 Å². The van der Waals surface area contributed by atoms with Crippen molar-refractivity contribution in [2.24, 2.45) is 0 Å². The number of sulfone groups is 1. The van der Waals surface area contributed by atoms with Crippen LogP contribution in [0.3, 0.4) is 0 Å².